The molecule has 106 valence electrons. The number of aryl methyl sites for hydroxylation is 1. The molecule has 3 rings (SSSR count). The van der Waals surface area contributed by atoms with Gasteiger partial charge in [0.1, 0.15) is 5.82 Å². The average molecular weight is 279 g/mol. The van der Waals surface area contributed by atoms with Crippen molar-refractivity contribution < 1.29 is 4.39 Å². The van der Waals surface area contributed by atoms with E-state index in [1.54, 1.807) is 0 Å². The van der Waals surface area contributed by atoms with Crippen LogP contribution in [-0.2, 0) is 0 Å². The Morgan fingerprint density at radius 3 is 2.33 bits per heavy atom. The summed E-state index contributed by atoms with van der Waals surface area (Å²) in [4.78, 5) is 4.75. The van der Waals surface area contributed by atoms with E-state index in [2.05, 4.69) is 45.0 Å². The van der Waals surface area contributed by atoms with Gasteiger partial charge in [0.2, 0.25) is 0 Å². The predicted molar refractivity (Wildman–Crippen MR) is 86.0 cm³/mol. The standard InChI is InChI=1S/C19H18FN/c1-12(2)19-11-16(14-5-7-15(20)8-6-14)17-10-13(3)4-9-18(17)21-19/h4-12H,1-3H3. The number of halogens is 1. The van der Waals surface area contributed by atoms with Gasteiger partial charge in [-0.25, -0.2) is 4.39 Å². The summed E-state index contributed by atoms with van der Waals surface area (Å²) in [7, 11) is 0. The van der Waals surface area contributed by atoms with Crippen LogP contribution < -0.4 is 0 Å². The highest BCUT2D eigenvalue weighted by Gasteiger charge is 2.10. The van der Waals surface area contributed by atoms with Crippen molar-refractivity contribution in [1.82, 2.24) is 4.98 Å². The molecule has 1 heterocycles. The Morgan fingerprint density at radius 1 is 0.952 bits per heavy atom. The minimum Gasteiger partial charge on any atom is -0.253 e. The highest BCUT2D eigenvalue weighted by Crippen LogP contribution is 2.31. The molecule has 0 saturated carbocycles. The molecule has 0 saturated heterocycles. The summed E-state index contributed by atoms with van der Waals surface area (Å²) in [6.07, 6.45) is 0. The second kappa shape index (κ2) is 5.28. The third kappa shape index (κ3) is 2.66. The van der Waals surface area contributed by atoms with Crippen LogP contribution in [-0.4, -0.2) is 4.98 Å². The van der Waals surface area contributed by atoms with Crippen LogP contribution in [0.25, 0.3) is 22.0 Å². The molecule has 0 amide bonds. The topological polar surface area (TPSA) is 12.9 Å². The van der Waals surface area contributed by atoms with Gasteiger partial charge in [-0.15, -0.1) is 0 Å². The van der Waals surface area contributed by atoms with Gasteiger partial charge in [-0.2, -0.15) is 0 Å². The quantitative estimate of drug-likeness (QED) is 0.606. The lowest BCUT2D eigenvalue weighted by atomic mass is 9.96. The van der Waals surface area contributed by atoms with Crippen molar-refractivity contribution in [3.05, 3.63) is 65.6 Å². The molecule has 0 bridgehead atoms. The van der Waals surface area contributed by atoms with E-state index < -0.39 is 0 Å². The largest absolute Gasteiger partial charge is 0.253 e. The SMILES string of the molecule is Cc1ccc2nc(C(C)C)cc(-c3ccc(F)cc3)c2c1. The molecule has 0 aliphatic rings. The highest BCUT2D eigenvalue weighted by molar-refractivity contribution is 5.95. The van der Waals surface area contributed by atoms with E-state index in [1.807, 2.05) is 12.1 Å². The molecule has 1 nitrogen and oxygen atoms in total. The fourth-order valence-electron chi connectivity index (χ4n) is 2.52. The molecule has 0 unspecified atom stereocenters. The summed E-state index contributed by atoms with van der Waals surface area (Å²) in [5.74, 6) is 0.146. The first kappa shape index (κ1) is 13.7. The Hall–Kier alpha value is -2.22. The number of rotatable bonds is 2. The molecule has 0 atom stereocenters. The van der Waals surface area contributed by atoms with Crippen molar-refractivity contribution in [2.45, 2.75) is 26.7 Å². The zero-order valence-electron chi connectivity index (χ0n) is 12.5. The summed E-state index contributed by atoms with van der Waals surface area (Å²) in [5.41, 5.74) is 5.39. The second-order valence-corrected chi connectivity index (χ2v) is 5.78. The Labute approximate surface area is 124 Å². The number of benzene rings is 2. The summed E-state index contributed by atoms with van der Waals surface area (Å²) >= 11 is 0. The normalized spacial score (nSPS) is 11.3. The third-order valence-corrected chi connectivity index (χ3v) is 3.73. The minimum atomic E-state index is -0.211. The van der Waals surface area contributed by atoms with Gasteiger partial charge in [-0.1, -0.05) is 37.6 Å². The monoisotopic (exact) mass is 279 g/mol. The van der Waals surface area contributed by atoms with Crippen LogP contribution in [0.5, 0.6) is 0 Å². The zero-order chi connectivity index (χ0) is 15.0. The number of nitrogens with zero attached hydrogens (tertiary/aromatic N) is 1. The van der Waals surface area contributed by atoms with Crippen molar-refractivity contribution in [3.8, 4) is 11.1 Å². The van der Waals surface area contributed by atoms with E-state index in [1.165, 1.54) is 17.7 Å². The van der Waals surface area contributed by atoms with Crippen molar-refractivity contribution in [1.29, 1.82) is 0 Å². The second-order valence-electron chi connectivity index (χ2n) is 5.78. The zero-order valence-corrected chi connectivity index (χ0v) is 12.5. The lowest BCUT2D eigenvalue weighted by molar-refractivity contribution is 0.628. The van der Waals surface area contributed by atoms with Crippen LogP contribution in [0.15, 0.2) is 48.5 Å². The van der Waals surface area contributed by atoms with E-state index >= 15 is 0 Å². The fraction of sp³-hybridized carbons (Fsp3) is 0.211. The molecule has 0 radical (unpaired) electrons. The Bertz CT molecular complexity index is 789. The van der Waals surface area contributed by atoms with Gasteiger partial charge in [0.15, 0.2) is 0 Å². The van der Waals surface area contributed by atoms with Crippen molar-refractivity contribution >= 4 is 10.9 Å². The average Bonchev–Trinajstić information content (AvgIpc) is 2.47. The number of hydrogen-bond donors (Lipinski definition) is 0. The van der Waals surface area contributed by atoms with E-state index in [4.69, 9.17) is 4.98 Å². The van der Waals surface area contributed by atoms with Crippen molar-refractivity contribution in [2.24, 2.45) is 0 Å². The Kier molecular flexibility index (Phi) is 3.46. The van der Waals surface area contributed by atoms with Gasteiger partial charge in [0.25, 0.3) is 0 Å². The molecular weight excluding hydrogens is 261 g/mol. The number of pyridine rings is 1. The maximum atomic E-state index is 13.2. The first-order valence-electron chi connectivity index (χ1n) is 7.22. The highest BCUT2D eigenvalue weighted by atomic mass is 19.1. The number of hydrogen-bond acceptors (Lipinski definition) is 1. The van der Waals surface area contributed by atoms with E-state index in [-0.39, 0.29) is 5.82 Å². The maximum Gasteiger partial charge on any atom is 0.123 e. The molecule has 0 aliphatic carbocycles. The lowest BCUT2D eigenvalue weighted by Crippen LogP contribution is -1.96. The molecule has 0 aliphatic heterocycles. The predicted octanol–water partition coefficient (Wildman–Crippen LogP) is 5.47. The van der Waals surface area contributed by atoms with Crippen LogP contribution in [0.2, 0.25) is 0 Å². The maximum absolute atomic E-state index is 13.2. The third-order valence-electron chi connectivity index (χ3n) is 3.73. The molecular formula is C19H18FN. The van der Waals surface area contributed by atoms with Crippen LogP contribution >= 0.6 is 0 Å². The Balaban J connectivity index is 2.32. The van der Waals surface area contributed by atoms with Crippen molar-refractivity contribution in [3.63, 3.8) is 0 Å². The molecule has 0 fully saturated rings. The minimum absolute atomic E-state index is 0.211. The molecule has 0 N–H and O–H groups in total. The molecule has 1 aromatic heterocycles. The van der Waals surface area contributed by atoms with Gasteiger partial charge in [0.05, 0.1) is 5.52 Å². The van der Waals surface area contributed by atoms with Gasteiger partial charge < -0.3 is 0 Å². The van der Waals surface area contributed by atoms with E-state index in [0.29, 0.717) is 5.92 Å². The molecule has 2 heteroatoms. The molecule has 3 aromatic rings. The van der Waals surface area contributed by atoms with E-state index in [0.717, 1.165) is 27.7 Å². The Morgan fingerprint density at radius 2 is 1.67 bits per heavy atom. The van der Waals surface area contributed by atoms with Crippen LogP contribution in [0.4, 0.5) is 4.39 Å². The summed E-state index contributed by atoms with van der Waals surface area (Å²) in [6, 6.07) is 15.1. The lowest BCUT2D eigenvalue weighted by Gasteiger charge is -2.12. The summed E-state index contributed by atoms with van der Waals surface area (Å²) in [5, 5.41) is 1.12. The number of aromatic nitrogens is 1. The smallest absolute Gasteiger partial charge is 0.123 e. The van der Waals surface area contributed by atoms with E-state index in [9.17, 15) is 4.39 Å². The molecule has 2 aromatic carbocycles. The van der Waals surface area contributed by atoms with Crippen molar-refractivity contribution in [2.75, 3.05) is 0 Å². The van der Waals surface area contributed by atoms with Crippen LogP contribution in [0, 0.1) is 12.7 Å². The first-order chi connectivity index (χ1) is 10.0. The fourth-order valence-corrected chi connectivity index (χ4v) is 2.52. The summed E-state index contributed by atoms with van der Waals surface area (Å²) in [6.45, 7) is 6.35. The molecule has 0 spiro atoms. The van der Waals surface area contributed by atoms with Crippen LogP contribution in [0.3, 0.4) is 0 Å². The van der Waals surface area contributed by atoms with Gasteiger partial charge in [-0.05, 0) is 54.3 Å². The van der Waals surface area contributed by atoms with Gasteiger partial charge in [-0.3, -0.25) is 4.98 Å². The summed E-state index contributed by atoms with van der Waals surface area (Å²) < 4.78 is 13.2. The van der Waals surface area contributed by atoms with Gasteiger partial charge in [0, 0.05) is 11.1 Å². The van der Waals surface area contributed by atoms with Crippen LogP contribution in [0.1, 0.15) is 31.0 Å². The first-order valence-corrected chi connectivity index (χ1v) is 7.22. The molecule has 21 heavy (non-hydrogen) atoms. The number of fused-ring (bicyclic) bond motifs is 1. The van der Waals surface area contributed by atoms with Gasteiger partial charge >= 0.3 is 0 Å².